The zero-order valence-corrected chi connectivity index (χ0v) is 22.1. The van der Waals surface area contributed by atoms with E-state index in [0.717, 1.165) is 5.75 Å². The predicted octanol–water partition coefficient (Wildman–Crippen LogP) is 7.40. The first-order valence-electron chi connectivity index (χ1n) is 11.5. The molecule has 5 heteroatoms. The number of carbonyl (C=O) groups excluding carboxylic acids is 1. The third kappa shape index (κ3) is 9.49. The Morgan fingerprint density at radius 2 is 1.53 bits per heavy atom. The second kappa shape index (κ2) is 13.8. The molecule has 2 rings (SSSR count). The van der Waals surface area contributed by atoms with Crippen molar-refractivity contribution in [2.75, 3.05) is 6.61 Å². The molecule has 0 spiro atoms. The third-order valence-corrected chi connectivity index (χ3v) is 5.78. The zero-order chi connectivity index (χ0) is 23.5. The van der Waals surface area contributed by atoms with Gasteiger partial charge in [-0.15, -0.1) is 0 Å². The average Bonchev–Trinajstić information content (AvgIpc) is 2.75. The van der Waals surface area contributed by atoms with E-state index in [1.54, 1.807) is 12.1 Å². The summed E-state index contributed by atoms with van der Waals surface area (Å²) in [5.41, 5.74) is 1.36. The van der Waals surface area contributed by atoms with Gasteiger partial charge in [-0.1, -0.05) is 87.5 Å². The summed E-state index contributed by atoms with van der Waals surface area (Å²) in [5.74, 6) is 2.45. The number of ether oxygens (including phenoxy) is 3. The first kappa shape index (κ1) is 26.7. The van der Waals surface area contributed by atoms with Crippen LogP contribution < -0.4 is 9.47 Å². The first-order valence-corrected chi connectivity index (χ1v) is 12.8. The molecule has 0 N–H and O–H groups in total. The largest absolute Gasteiger partial charge is 0.465 e. The fraction of sp³-hybridized carbons (Fsp3) is 0.519. The summed E-state index contributed by atoms with van der Waals surface area (Å²) >= 11 is 2.50. The van der Waals surface area contributed by atoms with Crippen molar-refractivity contribution in [3.05, 3.63) is 60.2 Å². The molecule has 2 aromatic rings. The van der Waals surface area contributed by atoms with Crippen LogP contribution >= 0.6 is 22.6 Å². The lowest BCUT2D eigenvalue weighted by atomic mass is 9.85. The normalized spacial score (nSPS) is 14.2. The third-order valence-electron chi connectivity index (χ3n) is 5.27. The maximum atomic E-state index is 12.0. The Balaban J connectivity index is 1.83. The second-order valence-electron chi connectivity index (χ2n) is 8.93. The van der Waals surface area contributed by atoms with Crippen molar-refractivity contribution < 1.29 is 19.0 Å². The summed E-state index contributed by atoms with van der Waals surface area (Å²) in [5, 5.41) is 0. The molecule has 0 amide bonds. The van der Waals surface area contributed by atoms with Crippen LogP contribution in [0.2, 0.25) is 0 Å². The van der Waals surface area contributed by atoms with E-state index in [0.29, 0.717) is 41.0 Å². The highest BCUT2D eigenvalue weighted by molar-refractivity contribution is 14.1. The molecule has 0 aromatic heterocycles. The number of rotatable bonds is 13. The number of esters is 1. The molecule has 0 saturated carbocycles. The van der Waals surface area contributed by atoms with Crippen molar-refractivity contribution in [1.82, 2.24) is 0 Å². The minimum atomic E-state index is -0.360. The molecule has 0 aliphatic carbocycles. The van der Waals surface area contributed by atoms with Crippen molar-refractivity contribution in [2.45, 2.75) is 70.0 Å². The van der Waals surface area contributed by atoms with E-state index in [1.807, 2.05) is 30.3 Å². The lowest BCUT2D eigenvalue weighted by molar-refractivity contribution is -0.136. The van der Waals surface area contributed by atoms with Crippen molar-refractivity contribution in [3.8, 4) is 11.5 Å². The lowest BCUT2D eigenvalue weighted by Crippen LogP contribution is -2.27. The minimum Gasteiger partial charge on any atom is -0.465 e. The summed E-state index contributed by atoms with van der Waals surface area (Å²) in [6.07, 6.45) is 1.70. The van der Waals surface area contributed by atoms with Gasteiger partial charge in [-0.05, 0) is 54.5 Å². The van der Waals surface area contributed by atoms with Gasteiger partial charge in [0.05, 0.1) is 6.61 Å². The highest BCUT2D eigenvalue weighted by Gasteiger charge is 2.19. The molecule has 0 radical (unpaired) electrons. The van der Waals surface area contributed by atoms with E-state index < -0.39 is 0 Å². The molecule has 3 unspecified atom stereocenters. The zero-order valence-electron chi connectivity index (χ0n) is 19.9. The summed E-state index contributed by atoms with van der Waals surface area (Å²) in [6, 6.07) is 17.6. The quantitative estimate of drug-likeness (QED) is 0.0649. The number of halogens is 1. The monoisotopic (exact) mass is 552 g/mol. The molecule has 0 aliphatic rings. The summed E-state index contributed by atoms with van der Waals surface area (Å²) in [6.45, 7) is 11.4. The molecule has 176 valence electrons. The number of benzene rings is 2. The Bertz CT molecular complexity index is 787. The number of hydrogen-bond acceptors (Lipinski definition) is 4. The standard InChI is InChI=1S/C27H37IO4/c1-19(2)25(18-21(5)28)22-13-15-24(16-14-22)32-27(20(3)4)30-17-9-12-26(29)31-23-10-7-6-8-11-23/h6-8,10-11,13-16,19-21,25,27H,9,12,17-18H2,1-5H3. The van der Waals surface area contributed by atoms with E-state index in [2.05, 4.69) is 69.3 Å². The van der Waals surface area contributed by atoms with Crippen LogP contribution in [0, 0.1) is 11.8 Å². The van der Waals surface area contributed by atoms with Crippen molar-refractivity contribution in [1.29, 1.82) is 0 Å². The van der Waals surface area contributed by atoms with Crippen LogP contribution in [0.1, 0.15) is 65.4 Å². The SMILES string of the molecule is CC(I)CC(c1ccc(OC(OCCCC(=O)Oc2ccccc2)C(C)C)cc1)C(C)C. The Kier molecular flexibility index (Phi) is 11.5. The molecular formula is C27H37IO4. The van der Waals surface area contributed by atoms with E-state index in [4.69, 9.17) is 14.2 Å². The van der Waals surface area contributed by atoms with Gasteiger partial charge in [0.25, 0.3) is 0 Å². The molecule has 0 aliphatic heterocycles. The van der Waals surface area contributed by atoms with Gasteiger partial charge in [-0.3, -0.25) is 4.79 Å². The molecule has 0 saturated heterocycles. The molecule has 0 fully saturated rings. The van der Waals surface area contributed by atoms with E-state index in [-0.39, 0.29) is 18.2 Å². The Labute approximate surface area is 207 Å². The number of alkyl halides is 1. The van der Waals surface area contributed by atoms with E-state index in [1.165, 1.54) is 12.0 Å². The Morgan fingerprint density at radius 3 is 2.09 bits per heavy atom. The van der Waals surface area contributed by atoms with Crippen LogP contribution in [0.25, 0.3) is 0 Å². The van der Waals surface area contributed by atoms with Gasteiger partial charge >= 0.3 is 5.97 Å². The van der Waals surface area contributed by atoms with Crippen LogP contribution in [-0.2, 0) is 9.53 Å². The lowest BCUT2D eigenvalue weighted by Gasteiger charge is -2.25. The van der Waals surface area contributed by atoms with Crippen LogP contribution in [0.5, 0.6) is 11.5 Å². The molecule has 3 atom stereocenters. The van der Waals surface area contributed by atoms with Crippen molar-refractivity contribution in [3.63, 3.8) is 0 Å². The maximum absolute atomic E-state index is 12.0. The fourth-order valence-corrected chi connectivity index (χ4v) is 4.07. The highest BCUT2D eigenvalue weighted by atomic mass is 127. The smallest absolute Gasteiger partial charge is 0.311 e. The van der Waals surface area contributed by atoms with Crippen molar-refractivity contribution in [2.24, 2.45) is 11.8 Å². The van der Waals surface area contributed by atoms with Gasteiger partial charge in [-0.25, -0.2) is 0 Å². The first-order chi connectivity index (χ1) is 15.3. The highest BCUT2D eigenvalue weighted by Crippen LogP contribution is 2.32. The van der Waals surface area contributed by atoms with E-state index >= 15 is 0 Å². The predicted molar refractivity (Wildman–Crippen MR) is 139 cm³/mol. The molecule has 2 aromatic carbocycles. The van der Waals surface area contributed by atoms with Gasteiger partial charge in [-0.2, -0.15) is 0 Å². The van der Waals surface area contributed by atoms with Crippen LogP contribution in [0.4, 0.5) is 0 Å². The Hall–Kier alpha value is -1.60. The molecule has 32 heavy (non-hydrogen) atoms. The number of hydrogen-bond donors (Lipinski definition) is 0. The van der Waals surface area contributed by atoms with Crippen LogP contribution in [0.15, 0.2) is 54.6 Å². The molecule has 0 bridgehead atoms. The molecule has 4 nitrogen and oxygen atoms in total. The number of carbonyl (C=O) groups is 1. The second-order valence-corrected chi connectivity index (χ2v) is 11.1. The minimum absolute atomic E-state index is 0.189. The summed E-state index contributed by atoms with van der Waals surface area (Å²) in [4.78, 5) is 12.0. The molecule has 0 heterocycles. The van der Waals surface area contributed by atoms with E-state index in [9.17, 15) is 4.79 Å². The van der Waals surface area contributed by atoms with Crippen LogP contribution in [-0.4, -0.2) is 22.8 Å². The topological polar surface area (TPSA) is 44.8 Å². The summed E-state index contributed by atoms with van der Waals surface area (Å²) in [7, 11) is 0. The van der Waals surface area contributed by atoms with Gasteiger partial charge < -0.3 is 14.2 Å². The van der Waals surface area contributed by atoms with Crippen molar-refractivity contribution >= 4 is 28.6 Å². The maximum Gasteiger partial charge on any atom is 0.311 e. The van der Waals surface area contributed by atoms with Gasteiger partial charge in [0.1, 0.15) is 11.5 Å². The van der Waals surface area contributed by atoms with Gasteiger partial charge in [0.2, 0.25) is 6.29 Å². The molecular weight excluding hydrogens is 515 g/mol. The average molecular weight is 552 g/mol. The van der Waals surface area contributed by atoms with Crippen LogP contribution in [0.3, 0.4) is 0 Å². The number of para-hydroxylation sites is 1. The summed E-state index contributed by atoms with van der Waals surface area (Å²) < 4.78 is 18.0. The Morgan fingerprint density at radius 1 is 0.875 bits per heavy atom. The fourth-order valence-electron chi connectivity index (χ4n) is 3.52. The van der Waals surface area contributed by atoms with Gasteiger partial charge in [0.15, 0.2) is 0 Å². The van der Waals surface area contributed by atoms with Gasteiger partial charge in [0, 0.05) is 16.3 Å².